The summed E-state index contributed by atoms with van der Waals surface area (Å²) < 4.78 is 0. The van der Waals surface area contributed by atoms with Crippen molar-refractivity contribution in [2.24, 2.45) is 4.99 Å². The Kier molecular flexibility index (Phi) is 2.87. The maximum absolute atomic E-state index is 8.71. The van der Waals surface area contributed by atoms with Gasteiger partial charge in [0.2, 0.25) is 0 Å². The van der Waals surface area contributed by atoms with E-state index in [0.29, 0.717) is 0 Å². The maximum atomic E-state index is 8.71. The van der Waals surface area contributed by atoms with Crippen molar-refractivity contribution in [2.45, 2.75) is 19.3 Å². The van der Waals surface area contributed by atoms with Gasteiger partial charge in [-0.25, -0.2) is 4.99 Å². The van der Waals surface area contributed by atoms with Crippen molar-refractivity contribution in [1.82, 2.24) is 4.90 Å². The van der Waals surface area contributed by atoms with Crippen LogP contribution in [-0.4, -0.2) is 25.3 Å². The Morgan fingerprint density at radius 2 is 2.25 bits per heavy atom. The zero-order valence-electron chi connectivity index (χ0n) is 7.54. The van der Waals surface area contributed by atoms with Crippen molar-refractivity contribution >= 4 is 6.34 Å². The predicted molar refractivity (Wildman–Crippen MR) is 48.7 cm³/mol. The van der Waals surface area contributed by atoms with Crippen LogP contribution in [0.15, 0.2) is 16.3 Å². The number of nitrogens with zero attached hydrogens (tertiary/aromatic N) is 3. The van der Waals surface area contributed by atoms with Crippen LogP contribution in [0.5, 0.6) is 0 Å². The molecule has 1 rings (SSSR count). The lowest BCUT2D eigenvalue weighted by molar-refractivity contribution is 0.641. The minimum atomic E-state index is 0.855. The maximum Gasteiger partial charge on any atom is 0.0966 e. The fraction of sp³-hybridized carbons (Fsp3) is 0.556. The summed E-state index contributed by atoms with van der Waals surface area (Å²) in [7, 11) is 3.84. The molecule has 0 aromatic rings. The Morgan fingerprint density at radius 1 is 1.50 bits per heavy atom. The lowest BCUT2D eigenvalue weighted by Gasteiger charge is -2.02. The number of hydrogen-bond donors (Lipinski definition) is 0. The van der Waals surface area contributed by atoms with Crippen LogP contribution in [0.3, 0.4) is 0 Å². The molecule has 3 heteroatoms. The number of allylic oxidation sites excluding steroid dienone is 2. The fourth-order valence-electron chi connectivity index (χ4n) is 1.18. The third-order valence-corrected chi connectivity index (χ3v) is 1.77. The molecule has 1 aliphatic carbocycles. The topological polar surface area (TPSA) is 39.4 Å². The number of nitriles is 1. The van der Waals surface area contributed by atoms with Crippen LogP contribution in [0, 0.1) is 11.3 Å². The summed E-state index contributed by atoms with van der Waals surface area (Å²) in [6.07, 6.45) is 4.67. The number of hydrogen-bond acceptors (Lipinski definition) is 2. The molecule has 0 saturated heterocycles. The van der Waals surface area contributed by atoms with Gasteiger partial charge in [0, 0.05) is 14.1 Å². The van der Waals surface area contributed by atoms with Gasteiger partial charge in [0.25, 0.3) is 0 Å². The van der Waals surface area contributed by atoms with Gasteiger partial charge >= 0.3 is 0 Å². The average molecular weight is 163 g/mol. The summed E-state index contributed by atoms with van der Waals surface area (Å²) >= 11 is 0. The Bertz CT molecular complexity index is 255. The molecular formula is C9H13N3. The Hall–Kier alpha value is -1.30. The molecule has 0 aliphatic heterocycles. The Balaban J connectivity index is 2.69. The third kappa shape index (κ3) is 2.09. The summed E-state index contributed by atoms with van der Waals surface area (Å²) in [5.74, 6) is 0. The first kappa shape index (κ1) is 8.79. The van der Waals surface area contributed by atoms with E-state index >= 15 is 0 Å². The van der Waals surface area contributed by atoms with Gasteiger partial charge in [-0.2, -0.15) is 5.26 Å². The Labute approximate surface area is 73.0 Å². The van der Waals surface area contributed by atoms with Crippen LogP contribution in [-0.2, 0) is 0 Å². The second kappa shape index (κ2) is 3.91. The van der Waals surface area contributed by atoms with Gasteiger partial charge in [-0.05, 0) is 19.3 Å². The van der Waals surface area contributed by atoms with Crippen molar-refractivity contribution < 1.29 is 0 Å². The molecule has 0 radical (unpaired) electrons. The summed E-state index contributed by atoms with van der Waals surface area (Å²) in [6, 6.07) is 2.19. The molecule has 0 saturated carbocycles. The van der Waals surface area contributed by atoms with Crippen molar-refractivity contribution in [3.05, 3.63) is 11.3 Å². The first-order chi connectivity index (χ1) is 5.74. The highest BCUT2D eigenvalue weighted by atomic mass is 15.1. The molecule has 0 aromatic heterocycles. The van der Waals surface area contributed by atoms with Crippen molar-refractivity contribution in [2.75, 3.05) is 14.1 Å². The first-order valence-electron chi connectivity index (χ1n) is 4.07. The van der Waals surface area contributed by atoms with Gasteiger partial charge in [-0.3, -0.25) is 0 Å². The van der Waals surface area contributed by atoms with Crippen LogP contribution >= 0.6 is 0 Å². The molecule has 0 spiro atoms. The van der Waals surface area contributed by atoms with Crippen LogP contribution in [0.4, 0.5) is 0 Å². The highest BCUT2D eigenvalue weighted by Crippen LogP contribution is 2.25. The highest BCUT2D eigenvalue weighted by Gasteiger charge is 2.12. The normalized spacial score (nSPS) is 17.1. The Morgan fingerprint density at radius 3 is 2.83 bits per heavy atom. The molecule has 0 heterocycles. The first-order valence-corrected chi connectivity index (χ1v) is 4.07. The SMILES string of the molecule is CN(C)C=NC1=C(C#N)CCC1. The van der Waals surface area contributed by atoms with Gasteiger partial charge in [0.1, 0.15) is 0 Å². The summed E-state index contributed by atoms with van der Waals surface area (Å²) in [4.78, 5) is 6.11. The van der Waals surface area contributed by atoms with E-state index in [4.69, 9.17) is 5.26 Å². The number of aliphatic imine (C=N–C) groups is 1. The smallest absolute Gasteiger partial charge is 0.0966 e. The molecule has 64 valence electrons. The second-order valence-electron chi connectivity index (χ2n) is 3.10. The van der Waals surface area contributed by atoms with Crippen molar-refractivity contribution in [1.29, 1.82) is 5.26 Å². The van der Waals surface area contributed by atoms with Gasteiger partial charge in [-0.15, -0.1) is 0 Å². The fourth-order valence-corrected chi connectivity index (χ4v) is 1.18. The molecule has 3 nitrogen and oxygen atoms in total. The monoisotopic (exact) mass is 163 g/mol. The quantitative estimate of drug-likeness (QED) is 0.457. The summed E-state index contributed by atoms with van der Waals surface area (Å²) in [5, 5.41) is 8.71. The van der Waals surface area contributed by atoms with E-state index in [1.807, 2.05) is 19.0 Å². The van der Waals surface area contributed by atoms with E-state index < -0.39 is 0 Å². The second-order valence-corrected chi connectivity index (χ2v) is 3.10. The molecule has 0 amide bonds. The van der Waals surface area contributed by atoms with E-state index in [9.17, 15) is 0 Å². The lowest BCUT2D eigenvalue weighted by atomic mass is 10.2. The molecule has 0 N–H and O–H groups in total. The van der Waals surface area contributed by atoms with E-state index in [-0.39, 0.29) is 0 Å². The summed E-state index contributed by atoms with van der Waals surface area (Å²) in [6.45, 7) is 0. The molecule has 0 atom stereocenters. The highest BCUT2D eigenvalue weighted by molar-refractivity contribution is 5.56. The minimum Gasteiger partial charge on any atom is -0.369 e. The van der Waals surface area contributed by atoms with Gasteiger partial charge in [-0.1, -0.05) is 0 Å². The van der Waals surface area contributed by atoms with Crippen LogP contribution < -0.4 is 0 Å². The average Bonchev–Trinajstić information content (AvgIpc) is 2.47. The molecule has 0 bridgehead atoms. The van der Waals surface area contributed by atoms with Crippen molar-refractivity contribution in [3.8, 4) is 6.07 Å². The van der Waals surface area contributed by atoms with E-state index in [1.54, 1.807) is 6.34 Å². The van der Waals surface area contributed by atoms with Crippen LogP contribution in [0.2, 0.25) is 0 Å². The van der Waals surface area contributed by atoms with E-state index in [1.165, 1.54) is 0 Å². The van der Waals surface area contributed by atoms with Crippen LogP contribution in [0.1, 0.15) is 19.3 Å². The summed E-state index contributed by atoms with van der Waals surface area (Å²) in [5.41, 5.74) is 1.82. The van der Waals surface area contributed by atoms with E-state index in [2.05, 4.69) is 11.1 Å². The third-order valence-electron chi connectivity index (χ3n) is 1.77. The molecular weight excluding hydrogens is 150 g/mol. The lowest BCUT2D eigenvalue weighted by Crippen LogP contribution is -2.07. The zero-order chi connectivity index (χ0) is 8.97. The van der Waals surface area contributed by atoms with Gasteiger partial charge in [0.15, 0.2) is 0 Å². The molecule has 0 unspecified atom stereocenters. The standard InChI is InChI=1S/C9H13N3/c1-12(2)7-11-9-5-3-4-8(9)6-10/h7H,3-5H2,1-2H3. The number of rotatable bonds is 2. The molecule has 0 aromatic carbocycles. The zero-order valence-corrected chi connectivity index (χ0v) is 7.54. The van der Waals surface area contributed by atoms with Crippen LogP contribution in [0.25, 0.3) is 0 Å². The molecule has 0 fully saturated rings. The minimum absolute atomic E-state index is 0.855. The molecule has 12 heavy (non-hydrogen) atoms. The molecule has 1 aliphatic rings. The van der Waals surface area contributed by atoms with Gasteiger partial charge < -0.3 is 4.90 Å². The van der Waals surface area contributed by atoms with Crippen molar-refractivity contribution in [3.63, 3.8) is 0 Å². The largest absolute Gasteiger partial charge is 0.369 e. The van der Waals surface area contributed by atoms with E-state index in [0.717, 1.165) is 30.5 Å². The van der Waals surface area contributed by atoms with Gasteiger partial charge in [0.05, 0.1) is 23.7 Å². The predicted octanol–water partition coefficient (Wildman–Crippen LogP) is 1.54.